The molecule has 2 aromatic carbocycles. The maximum atomic E-state index is 13.2. The highest BCUT2D eigenvalue weighted by molar-refractivity contribution is 6.30. The summed E-state index contributed by atoms with van der Waals surface area (Å²) in [6.45, 7) is 1.52. The van der Waals surface area contributed by atoms with Gasteiger partial charge in [0.15, 0.2) is 5.78 Å². The number of nitrogens with zero attached hydrogens (tertiary/aromatic N) is 4. The van der Waals surface area contributed by atoms with Crippen molar-refractivity contribution in [1.82, 2.24) is 19.6 Å². The highest BCUT2D eigenvalue weighted by Gasteiger charge is 2.17. The van der Waals surface area contributed by atoms with E-state index in [0.717, 1.165) is 4.68 Å². The zero-order chi connectivity index (χ0) is 19.8. The third-order valence-electron chi connectivity index (χ3n) is 4.40. The summed E-state index contributed by atoms with van der Waals surface area (Å²) in [5, 5.41) is 9.59. The van der Waals surface area contributed by atoms with Crippen LogP contribution < -0.4 is 5.56 Å². The number of Topliss-reactive ketones (excluding diaryl/α,β-unsaturated/α-hetero) is 1. The Labute approximate surface area is 163 Å². The van der Waals surface area contributed by atoms with E-state index >= 15 is 0 Å². The fourth-order valence-electron chi connectivity index (χ4n) is 2.97. The van der Waals surface area contributed by atoms with Gasteiger partial charge in [0.2, 0.25) is 0 Å². The normalized spacial score (nSPS) is 11.1. The first-order chi connectivity index (χ1) is 13.4. The van der Waals surface area contributed by atoms with Crippen LogP contribution in [-0.4, -0.2) is 25.3 Å². The van der Waals surface area contributed by atoms with Gasteiger partial charge in [-0.25, -0.2) is 13.8 Å². The topological polar surface area (TPSA) is 69.8 Å². The maximum absolute atomic E-state index is 13.2. The molecule has 0 aliphatic carbocycles. The van der Waals surface area contributed by atoms with E-state index < -0.39 is 5.56 Å². The Morgan fingerprint density at radius 1 is 1.11 bits per heavy atom. The van der Waals surface area contributed by atoms with E-state index in [1.54, 1.807) is 31.2 Å². The Bertz CT molecular complexity index is 1240. The minimum atomic E-state index is -0.454. The highest BCUT2D eigenvalue weighted by atomic mass is 35.5. The molecule has 2 heterocycles. The van der Waals surface area contributed by atoms with Gasteiger partial charge in [-0.3, -0.25) is 9.59 Å². The number of benzene rings is 2. The van der Waals surface area contributed by atoms with Gasteiger partial charge in [0.25, 0.3) is 5.56 Å². The second kappa shape index (κ2) is 7.01. The molecular weight excluding hydrogens is 383 g/mol. The summed E-state index contributed by atoms with van der Waals surface area (Å²) < 4.78 is 15.8. The van der Waals surface area contributed by atoms with Crippen molar-refractivity contribution in [2.75, 3.05) is 0 Å². The van der Waals surface area contributed by atoms with Crippen molar-refractivity contribution in [3.05, 3.63) is 87.2 Å². The second-order valence-electron chi connectivity index (χ2n) is 6.27. The van der Waals surface area contributed by atoms with Crippen LogP contribution in [0.25, 0.3) is 16.6 Å². The van der Waals surface area contributed by atoms with E-state index in [4.69, 9.17) is 11.6 Å². The van der Waals surface area contributed by atoms with Crippen molar-refractivity contribution < 1.29 is 9.18 Å². The predicted octanol–water partition coefficient (Wildman–Crippen LogP) is 3.57. The number of carbonyl (C=O) groups is 1. The molecule has 28 heavy (non-hydrogen) atoms. The molecule has 4 rings (SSSR count). The molecule has 0 atom stereocenters. The first-order valence-corrected chi connectivity index (χ1v) is 8.82. The van der Waals surface area contributed by atoms with E-state index in [9.17, 15) is 14.0 Å². The van der Waals surface area contributed by atoms with Gasteiger partial charge in [0.05, 0.1) is 17.6 Å². The quantitative estimate of drug-likeness (QED) is 0.494. The molecular formula is C20H14ClFN4O2. The number of fused-ring (bicyclic) bond motifs is 1. The van der Waals surface area contributed by atoms with Gasteiger partial charge in [0.1, 0.15) is 17.9 Å². The molecule has 0 aliphatic rings. The summed E-state index contributed by atoms with van der Waals surface area (Å²) in [5.74, 6) is -0.651. The predicted molar refractivity (Wildman–Crippen MR) is 104 cm³/mol. The number of halogens is 2. The Morgan fingerprint density at radius 3 is 2.46 bits per heavy atom. The van der Waals surface area contributed by atoms with E-state index in [1.165, 1.54) is 35.1 Å². The van der Waals surface area contributed by atoms with Crippen LogP contribution in [0, 0.1) is 12.7 Å². The van der Waals surface area contributed by atoms with Crippen LogP contribution in [0.5, 0.6) is 0 Å². The highest BCUT2D eigenvalue weighted by Crippen LogP contribution is 2.18. The van der Waals surface area contributed by atoms with Crippen LogP contribution in [0.2, 0.25) is 5.02 Å². The summed E-state index contributed by atoms with van der Waals surface area (Å²) in [5.41, 5.74) is 1.36. The molecule has 2 aromatic heterocycles. The lowest BCUT2D eigenvalue weighted by atomic mass is 10.1. The first-order valence-electron chi connectivity index (χ1n) is 8.44. The lowest BCUT2D eigenvalue weighted by Gasteiger charge is -2.08. The van der Waals surface area contributed by atoms with Crippen molar-refractivity contribution in [1.29, 1.82) is 0 Å². The maximum Gasteiger partial charge on any atom is 0.293 e. The number of carbonyl (C=O) groups excluding carboxylic acids is 1. The van der Waals surface area contributed by atoms with Gasteiger partial charge >= 0.3 is 0 Å². The molecule has 6 nitrogen and oxygen atoms in total. The summed E-state index contributed by atoms with van der Waals surface area (Å²) in [6.07, 6.45) is 1.54. The third-order valence-corrected chi connectivity index (χ3v) is 4.65. The summed E-state index contributed by atoms with van der Waals surface area (Å²) >= 11 is 5.85. The van der Waals surface area contributed by atoms with Crippen molar-refractivity contribution in [3.63, 3.8) is 0 Å². The standard InChI is InChI=1S/C20H14ClFN4O2/c1-12-17-10-23-26(16-8-6-15(22)7-9-16)19(17)20(28)25(24-12)11-18(27)13-2-4-14(21)5-3-13/h2-10H,11H2,1H3. The van der Waals surface area contributed by atoms with Gasteiger partial charge in [-0.1, -0.05) is 11.6 Å². The summed E-state index contributed by atoms with van der Waals surface area (Å²) in [7, 11) is 0. The van der Waals surface area contributed by atoms with E-state index in [2.05, 4.69) is 10.2 Å². The second-order valence-corrected chi connectivity index (χ2v) is 6.71. The first kappa shape index (κ1) is 18.1. The molecule has 0 spiro atoms. The monoisotopic (exact) mass is 396 g/mol. The molecule has 4 aromatic rings. The summed E-state index contributed by atoms with van der Waals surface area (Å²) in [4.78, 5) is 25.6. The molecule has 0 bridgehead atoms. The zero-order valence-electron chi connectivity index (χ0n) is 14.8. The lowest BCUT2D eigenvalue weighted by Crippen LogP contribution is -2.28. The van der Waals surface area contributed by atoms with Crippen LogP contribution in [0.15, 0.2) is 59.5 Å². The minimum absolute atomic E-state index is 0.216. The van der Waals surface area contributed by atoms with Crippen LogP contribution in [-0.2, 0) is 6.54 Å². The fourth-order valence-corrected chi connectivity index (χ4v) is 3.10. The number of ketones is 1. The van der Waals surface area contributed by atoms with Gasteiger partial charge in [-0.05, 0) is 55.5 Å². The number of hydrogen-bond donors (Lipinski definition) is 0. The number of rotatable bonds is 4. The number of aryl methyl sites for hydroxylation is 1. The van der Waals surface area contributed by atoms with Crippen molar-refractivity contribution in [2.45, 2.75) is 13.5 Å². The Kier molecular flexibility index (Phi) is 4.52. The molecule has 0 fully saturated rings. The van der Waals surface area contributed by atoms with Crippen LogP contribution in [0.1, 0.15) is 16.1 Å². The smallest absolute Gasteiger partial charge is 0.292 e. The minimum Gasteiger partial charge on any atom is -0.292 e. The van der Waals surface area contributed by atoms with Gasteiger partial charge < -0.3 is 0 Å². The Hall–Kier alpha value is -3.32. The molecule has 140 valence electrons. The van der Waals surface area contributed by atoms with Crippen molar-refractivity contribution in [3.8, 4) is 5.69 Å². The van der Waals surface area contributed by atoms with Crippen LogP contribution >= 0.6 is 11.6 Å². The number of aromatic nitrogens is 4. The van der Waals surface area contributed by atoms with Crippen molar-refractivity contribution in [2.24, 2.45) is 0 Å². The number of hydrogen-bond acceptors (Lipinski definition) is 4. The molecule has 0 N–H and O–H groups in total. The van der Waals surface area contributed by atoms with Gasteiger partial charge in [0, 0.05) is 16.0 Å². The zero-order valence-corrected chi connectivity index (χ0v) is 15.5. The lowest BCUT2D eigenvalue weighted by molar-refractivity contribution is 0.0966. The van der Waals surface area contributed by atoms with Gasteiger partial charge in [-0.15, -0.1) is 0 Å². The van der Waals surface area contributed by atoms with Crippen LogP contribution in [0.3, 0.4) is 0 Å². The van der Waals surface area contributed by atoms with Crippen LogP contribution in [0.4, 0.5) is 4.39 Å². The molecule has 0 saturated carbocycles. The Morgan fingerprint density at radius 2 is 1.79 bits per heavy atom. The average molecular weight is 397 g/mol. The average Bonchev–Trinajstić information content (AvgIpc) is 3.13. The largest absolute Gasteiger partial charge is 0.293 e. The SMILES string of the molecule is Cc1nn(CC(=O)c2ccc(Cl)cc2)c(=O)c2c1cnn2-c1ccc(F)cc1. The molecule has 0 saturated heterocycles. The summed E-state index contributed by atoms with van der Waals surface area (Å²) in [6, 6.07) is 12.1. The molecule has 0 unspecified atom stereocenters. The molecule has 0 aliphatic heterocycles. The molecule has 0 amide bonds. The molecule has 8 heteroatoms. The van der Waals surface area contributed by atoms with E-state index in [0.29, 0.717) is 27.4 Å². The van der Waals surface area contributed by atoms with Gasteiger partial charge in [-0.2, -0.15) is 10.2 Å². The van der Waals surface area contributed by atoms with E-state index in [-0.39, 0.29) is 23.7 Å². The third kappa shape index (κ3) is 3.20. The molecule has 0 radical (unpaired) electrons. The van der Waals surface area contributed by atoms with Crippen molar-refractivity contribution >= 4 is 28.3 Å². The van der Waals surface area contributed by atoms with E-state index in [1.807, 2.05) is 0 Å². The Balaban J connectivity index is 1.80. The fraction of sp³-hybridized carbons (Fsp3) is 0.100.